The quantitative estimate of drug-likeness (QED) is 0.165. The summed E-state index contributed by atoms with van der Waals surface area (Å²) in [6.45, 7) is 4.95. The lowest BCUT2D eigenvalue weighted by molar-refractivity contribution is -0.135. The van der Waals surface area contributed by atoms with E-state index in [1.807, 2.05) is 65.7 Å². The number of hydrogen-bond acceptors (Lipinski definition) is 4. The van der Waals surface area contributed by atoms with Crippen LogP contribution < -0.4 is 14.4 Å². The summed E-state index contributed by atoms with van der Waals surface area (Å²) in [5.74, 6) is 1.30. The average molecular weight is 574 g/mol. The number of benzene rings is 2. The van der Waals surface area contributed by atoms with E-state index >= 15 is 0 Å². The topological polar surface area (TPSA) is 64.0 Å². The van der Waals surface area contributed by atoms with E-state index in [2.05, 4.69) is 18.4 Å². The van der Waals surface area contributed by atoms with Gasteiger partial charge in [0.25, 0.3) is 0 Å². The molecule has 0 saturated heterocycles. The lowest BCUT2D eigenvalue weighted by atomic mass is 9.96. The minimum Gasteiger partial charge on any atom is -0.497 e. The van der Waals surface area contributed by atoms with Crippen molar-refractivity contribution < 1.29 is 19.1 Å². The number of amides is 2. The molecule has 0 spiro atoms. The molecule has 0 bridgehead atoms. The fraction of sp³-hybridized carbons (Fsp3) is 0.486. The largest absolute Gasteiger partial charge is 0.497 e. The molecule has 7 heteroatoms. The lowest BCUT2D eigenvalue weighted by Crippen LogP contribution is -2.47. The predicted octanol–water partition coefficient (Wildman–Crippen LogP) is 7.70. The Kier molecular flexibility index (Phi) is 11.5. The summed E-state index contributed by atoms with van der Waals surface area (Å²) in [7, 11) is 3.28. The molecule has 3 aromatic rings. The van der Waals surface area contributed by atoms with Crippen LogP contribution in [0.25, 0.3) is 5.69 Å². The summed E-state index contributed by atoms with van der Waals surface area (Å²) in [5.41, 5.74) is 3.51. The van der Waals surface area contributed by atoms with Gasteiger partial charge in [-0.25, -0.2) is 0 Å². The van der Waals surface area contributed by atoms with Crippen molar-refractivity contribution in [3.63, 3.8) is 0 Å². The molecule has 2 aromatic carbocycles. The minimum absolute atomic E-state index is 0.0349. The molecule has 0 fully saturated rings. The molecule has 0 N–H and O–H groups in total. The Morgan fingerprint density at radius 2 is 1.52 bits per heavy atom. The highest BCUT2D eigenvalue weighted by Gasteiger charge is 2.38. The van der Waals surface area contributed by atoms with Crippen molar-refractivity contribution in [3.8, 4) is 17.2 Å². The van der Waals surface area contributed by atoms with Crippen LogP contribution in [0.15, 0.2) is 60.8 Å². The Balaban J connectivity index is 1.63. The molecule has 1 unspecified atom stereocenters. The maximum Gasteiger partial charge on any atom is 0.247 e. The summed E-state index contributed by atoms with van der Waals surface area (Å²) in [6.07, 6.45) is 12.4. The normalized spacial score (nSPS) is 13.8. The number of aromatic nitrogens is 1. The van der Waals surface area contributed by atoms with Crippen molar-refractivity contribution in [3.05, 3.63) is 72.1 Å². The summed E-state index contributed by atoms with van der Waals surface area (Å²) in [5, 5.41) is 0. The van der Waals surface area contributed by atoms with E-state index in [4.69, 9.17) is 9.47 Å². The van der Waals surface area contributed by atoms with Gasteiger partial charge in [0.1, 0.15) is 24.1 Å². The zero-order valence-corrected chi connectivity index (χ0v) is 25.8. The van der Waals surface area contributed by atoms with Gasteiger partial charge in [-0.05, 0) is 55.3 Å². The van der Waals surface area contributed by atoms with E-state index in [0.29, 0.717) is 24.5 Å². The number of hydrogen-bond donors (Lipinski definition) is 0. The first-order valence-corrected chi connectivity index (χ1v) is 15.6. The van der Waals surface area contributed by atoms with Crippen LogP contribution in [0, 0.1) is 0 Å². The van der Waals surface area contributed by atoms with Gasteiger partial charge in [0.15, 0.2) is 0 Å². The molecule has 0 aliphatic carbocycles. The van der Waals surface area contributed by atoms with Gasteiger partial charge in [-0.2, -0.15) is 0 Å². The van der Waals surface area contributed by atoms with Crippen LogP contribution in [0.3, 0.4) is 0 Å². The van der Waals surface area contributed by atoms with E-state index in [-0.39, 0.29) is 18.4 Å². The molecule has 2 heterocycles. The third kappa shape index (κ3) is 7.18. The van der Waals surface area contributed by atoms with E-state index in [1.165, 1.54) is 25.7 Å². The van der Waals surface area contributed by atoms with Crippen molar-refractivity contribution in [2.75, 3.05) is 32.2 Å². The van der Waals surface area contributed by atoms with Crippen molar-refractivity contribution >= 4 is 17.5 Å². The van der Waals surface area contributed by atoms with Crippen LogP contribution in [0.1, 0.15) is 95.4 Å². The van der Waals surface area contributed by atoms with E-state index in [1.54, 1.807) is 19.1 Å². The number of para-hydroxylation sites is 2. The van der Waals surface area contributed by atoms with Crippen molar-refractivity contribution in [2.24, 2.45) is 0 Å². The molecule has 1 atom stereocenters. The third-order valence-corrected chi connectivity index (χ3v) is 8.17. The number of ether oxygens (including phenoxy) is 2. The predicted molar refractivity (Wildman–Crippen MR) is 169 cm³/mol. The fourth-order valence-electron chi connectivity index (χ4n) is 5.88. The lowest BCUT2D eigenvalue weighted by Gasteiger charge is -2.40. The summed E-state index contributed by atoms with van der Waals surface area (Å²) < 4.78 is 13.5. The number of fused-ring (bicyclic) bond motifs is 3. The van der Waals surface area contributed by atoms with E-state index in [9.17, 15) is 9.59 Å². The molecule has 2 amide bonds. The highest BCUT2D eigenvalue weighted by atomic mass is 16.5. The van der Waals surface area contributed by atoms with Gasteiger partial charge in [0.2, 0.25) is 11.8 Å². The zero-order valence-electron chi connectivity index (χ0n) is 25.8. The third-order valence-electron chi connectivity index (χ3n) is 8.17. The van der Waals surface area contributed by atoms with Crippen LogP contribution in [-0.2, 0) is 9.59 Å². The SMILES string of the molecule is CCCCCCCCCC(=O)N(CCCC)CC(=O)N1c2ccccc2-n2cccc2C1c1cc(OC)ccc1OC. The van der Waals surface area contributed by atoms with Gasteiger partial charge in [0, 0.05) is 24.7 Å². The Morgan fingerprint density at radius 3 is 2.24 bits per heavy atom. The molecule has 1 aliphatic heterocycles. The van der Waals surface area contributed by atoms with E-state index < -0.39 is 6.04 Å². The highest BCUT2D eigenvalue weighted by molar-refractivity contribution is 6.00. The Hall–Kier alpha value is -3.74. The average Bonchev–Trinajstić information content (AvgIpc) is 3.51. The van der Waals surface area contributed by atoms with Crippen LogP contribution >= 0.6 is 0 Å². The number of carbonyl (C=O) groups is 2. The number of methoxy groups -OCH3 is 2. The van der Waals surface area contributed by atoms with Gasteiger partial charge in [-0.1, -0.05) is 70.9 Å². The number of carbonyl (C=O) groups excluding carboxylic acids is 2. The maximum absolute atomic E-state index is 14.4. The number of unbranched alkanes of at least 4 members (excludes halogenated alkanes) is 7. The molecule has 226 valence electrons. The Labute approximate surface area is 251 Å². The minimum atomic E-state index is -0.460. The Bertz CT molecular complexity index is 1320. The molecule has 0 radical (unpaired) electrons. The molecule has 1 aromatic heterocycles. The molecular weight excluding hydrogens is 526 g/mol. The monoisotopic (exact) mass is 573 g/mol. The number of nitrogens with zero attached hydrogens (tertiary/aromatic N) is 3. The smallest absolute Gasteiger partial charge is 0.247 e. The fourth-order valence-corrected chi connectivity index (χ4v) is 5.88. The second-order valence-electron chi connectivity index (χ2n) is 11.1. The summed E-state index contributed by atoms with van der Waals surface area (Å²) >= 11 is 0. The number of anilines is 1. The van der Waals surface area contributed by atoms with Crippen LogP contribution in [0.5, 0.6) is 11.5 Å². The van der Waals surface area contributed by atoms with Crippen molar-refractivity contribution in [1.82, 2.24) is 9.47 Å². The standard InChI is InChI=1S/C35H47N3O4/c1-5-7-9-10-11-12-13-20-33(39)36(23-8-6-2)26-34(40)38-30-18-15-14-17-29(30)37-24-16-19-31(37)35(38)28-25-27(41-3)21-22-32(28)42-4/h14-19,21-22,24-25,35H,5-13,20,23,26H2,1-4H3. The van der Waals surface area contributed by atoms with Gasteiger partial charge < -0.3 is 18.9 Å². The first kappa shape index (κ1) is 31.2. The first-order valence-electron chi connectivity index (χ1n) is 15.6. The van der Waals surface area contributed by atoms with E-state index in [0.717, 1.165) is 54.7 Å². The zero-order chi connectivity index (χ0) is 29.9. The second kappa shape index (κ2) is 15.5. The second-order valence-corrected chi connectivity index (χ2v) is 11.1. The summed E-state index contributed by atoms with van der Waals surface area (Å²) in [4.78, 5) is 31.5. The van der Waals surface area contributed by atoms with Crippen LogP contribution in [0.4, 0.5) is 5.69 Å². The molecule has 4 rings (SSSR count). The number of rotatable bonds is 16. The highest BCUT2D eigenvalue weighted by Crippen LogP contribution is 2.45. The van der Waals surface area contributed by atoms with Gasteiger partial charge >= 0.3 is 0 Å². The first-order chi connectivity index (χ1) is 20.5. The van der Waals surface area contributed by atoms with Gasteiger partial charge in [0.05, 0.1) is 31.3 Å². The maximum atomic E-state index is 14.4. The van der Waals surface area contributed by atoms with Crippen molar-refractivity contribution in [1.29, 1.82) is 0 Å². The summed E-state index contributed by atoms with van der Waals surface area (Å²) in [6, 6.07) is 17.2. The molecular formula is C35H47N3O4. The molecule has 1 aliphatic rings. The van der Waals surface area contributed by atoms with Crippen LogP contribution in [0.2, 0.25) is 0 Å². The van der Waals surface area contributed by atoms with Gasteiger partial charge in [-0.3, -0.25) is 14.5 Å². The Morgan fingerprint density at radius 1 is 0.810 bits per heavy atom. The van der Waals surface area contributed by atoms with Crippen LogP contribution in [-0.4, -0.2) is 48.6 Å². The molecule has 0 saturated carbocycles. The van der Waals surface area contributed by atoms with Gasteiger partial charge in [-0.15, -0.1) is 0 Å². The molecule has 7 nitrogen and oxygen atoms in total. The molecule has 42 heavy (non-hydrogen) atoms. The van der Waals surface area contributed by atoms with Crippen molar-refractivity contribution in [2.45, 2.75) is 84.1 Å².